The Bertz CT molecular complexity index is 897. The van der Waals surface area contributed by atoms with Gasteiger partial charge in [0, 0.05) is 6.54 Å². The van der Waals surface area contributed by atoms with Crippen molar-refractivity contribution in [2.24, 2.45) is 0 Å². The van der Waals surface area contributed by atoms with Crippen LogP contribution in [-0.2, 0) is 0 Å². The minimum absolute atomic E-state index is 0.0837. The van der Waals surface area contributed by atoms with Crippen LogP contribution in [0.25, 0.3) is 0 Å². The third-order valence-electron chi connectivity index (χ3n) is 4.09. The lowest BCUT2D eigenvalue weighted by Gasteiger charge is -2.22. The Kier molecular flexibility index (Phi) is 4.85. The first-order valence-electron chi connectivity index (χ1n) is 8.08. The number of benzene rings is 1. The summed E-state index contributed by atoms with van der Waals surface area (Å²) in [6.45, 7) is 0.816. The number of anilines is 2. The van der Waals surface area contributed by atoms with Crippen molar-refractivity contribution in [2.45, 2.75) is 23.2 Å². The Morgan fingerprint density at radius 2 is 2.12 bits per heavy atom. The molecule has 2 aromatic heterocycles. The Balaban J connectivity index is 1.49. The number of carbonyl (C=O) groups is 1. The van der Waals surface area contributed by atoms with E-state index in [1.807, 2.05) is 24.5 Å². The van der Waals surface area contributed by atoms with E-state index in [-0.39, 0.29) is 11.9 Å². The molecule has 0 saturated carbocycles. The molecule has 1 aromatic carbocycles. The molecule has 0 radical (unpaired) electrons. The highest BCUT2D eigenvalue weighted by atomic mass is 32.2. The summed E-state index contributed by atoms with van der Waals surface area (Å²) in [5.74, 6) is -0.567. The van der Waals surface area contributed by atoms with Crippen molar-refractivity contribution in [3.8, 4) is 0 Å². The van der Waals surface area contributed by atoms with Gasteiger partial charge in [0.1, 0.15) is 0 Å². The van der Waals surface area contributed by atoms with E-state index in [0.717, 1.165) is 23.7 Å². The van der Waals surface area contributed by atoms with E-state index in [1.54, 1.807) is 0 Å². The zero-order chi connectivity index (χ0) is 17.9. The van der Waals surface area contributed by atoms with Crippen LogP contribution in [0.3, 0.4) is 0 Å². The van der Waals surface area contributed by atoms with Crippen LogP contribution in [0.2, 0.25) is 0 Å². The summed E-state index contributed by atoms with van der Waals surface area (Å²) in [6, 6.07) is 10.8. The molecule has 0 aliphatic carbocycles. The van der Waals surface area contributed by atoms with Gasteiger partial charge in [-0.2, -0.15) is 0 Å². The summed E-state index contributed by atoms with van der Waals surface area (Å²) in [5.41, 5.74) is 1.20. The van der Waals surface area contributed by atoms with Gasteiger partial charge in [0.05, 0.1) is 6.04 Å². The van der Waals surface area contributed by atoms with E-state index in [2.05, 4.69) is 42.7 Å². The van der Waals surface area contributed by atoms with Gasteiger partial charge in [-0.15, -0.1) is 15.3 Å². The van der Waals surface area contributed by atoms with Crippen molar-refractivity contribution in [3.63, 3.8) is 0 Å². The van der Waals surface area contributed by atoms with Crippen molar-refractivity contribution in [1.29, 1.82) is 0 Å². The maximum Gasteiger partial charge on any atom is 0.319 e. The molecule has 1 amide bonds. The summed E-state index contributed by atoms with van der Waals surface area (Å²) in [4.78, 5) is 14.3. The minimum atomic E-state index is -0.483. The zero-order valence-electron chi connectivity index (χ0n) is 14.0. The molecule has 3 heterocycles. The standard InChI is InChI=1S/C16H16N6O2S2/c1-25-16-21-19-14(26-16)17-12(23)13-18-20-15(24-13)22-9-5-8-11(22)10-6-3-2-4-7-10/h2-4,6-7,11H,5,8-9H2,1H3,(H,17,19,23). The summed E-state index contributed by atoms with van der Waals surface area (Å²) >= 11 is 2.76. The maximum atomic E-state index is 12.3. The van der Waals surface area contributed by atoms with Gasteiger partial charge < -0.3 is 9.32 Å². The quantitative estimate of drug-likeness (QED) is 0.525. The molecule has 0 spiro atoms. The molecule has 4 rings (SSSR count). The molecule has 1 aliphatic rings. The second-order valence-electron chi connectivity index (χ2n) is 5.68. The van der Waals surface area contributed by atoms with Crippen LogP contribution in [0.15, 0.2) is 39.1 Å². The Morgan fingerprint density at radius 1 is 1.27 bits per heavy atom. The van der Waals surface area contributed by atoms with Crippen LogP contribution in [0.4, 0.5) is 11.1 Å². The molecule has 8 nitrogen and oxygen atoms in total. The lowest BCUT2D eigenvalue weighted by atomic mass is 10.1. The number of amides is 1. The van der Waals surface area contributed by atoms with E-state index >= 15 is 0 Å². The molecule has 3 aromatic rings. The van der Waals surface area contributed by atoms with E-state index in [4.69, 9.17) is 4.42 Å². The fraction of sp³-hybridized carbons (Fsp3) is 0.312. The molecule has 1 aliphatic heterocycles. The normalized spacial score (nSPS) is 16.8. The molecule has 10 heteroatoms. The number of aromatic nitrogens is 4. The number of rotatable bonds is 5. The fourth-order valence-electron chi connectivity index (χ4n) is 2.93. The average molecular weight is 388 g/mol. The van der Waals surface area contributed by atoms with Gasteiger partial charge in [0.25, 0.3) is 0 Å². The molecule has 0 bridgehead atoms. The SMILES string of the molecule is CSc1nnc(NC(=O)c2nnc(N3CCCC3c3ccccc3)o2)s1. The maximum absolute atomic E-state index is 12.3. The first kappa shape index (κ1) is 17.0. The van der Waals surface area contributed by atoms with Gasteiger partial charge >= 0.3 is 17.8 Å². The lowest BCUT2D eigenvalue weighted by Crippen LogP contribution is -2.22. The van der Waals surface area contributed by atoms with Crippen LogP contribution < -0.4 is 10.2 Å². The number of carbonyl (C=O) groups excluding carboxylic acids is 1. The Labute approximate surface area is 158 Å². The van der Waals surface area contributed by atoms with Crippen LogP contribution in [0.1, 0.15) is 35.1 Å². The van der Waals surface area contributed by atoms with Crippen molar-refractivity contribution in [3.05, 3.63) is 41.8 Å². The van der Waals surface area contributed by atoms with Crippen molar-refractivity contribution < 1.29 is 9.21 Å². The molecule has 1 atom stereocenters. The molecule has 1 saturated heterocycles. The summed E-state index contributed by atoms with van der Waals surface area (Å²) in [6.07, 6.45) is 3.94. The van der Waals surface area contributed by atoms with E-state index in [1.165, 1.54) is 28.7 Å². The third-order valence-corrected chi connectivity index (χ3v) is 5.91. The summed E-state index contributed by atoms with van der Waals surface area (Å²) in [5, 5.41) is 18.8. The first-order chi connectivity index (χ1) is 12.7. The molecule has 1 unspecified atom stereocenters. The third kappa shape index (κ3) is 3.42. The smallest absolute Gasteiger partial charge is 0.319 e. The van der Waals surface area contributed by atoms with Crippen LogP contribution >= 0.6 is 23.1 Å². The number of nitrogens with zero attached hydrogens (tertiary/aromatic N) is 5. The molecule has 134 valence electrons. The van der Waals surface area contributed by atoms with E-state index in [9.17, 15) is 4.79 Å². The molecule has 1 fully saturated rings. The van der Waals surface area contributed by atoms with Crippen LogP contribution in [-0.4, -0.2) is 39.1 Å². The topological polar surface area (TPSA) is 97.0 Å². The van der Waals surface area contributed by atoms with E-state index < -0.39 is 5.91 Å². The number of nitrogens with one attached hydrogen (secondary N) is 1. The minimum Gasteiger partial charge on any atom is -0.399 e. The molecule has 1 N–H and O–H groups in total. The highest BCUT2D eigenvalue weighted by molar-refractivity contribution is 8.00. The lowest BCUT2D eigenvalue weighted by molar-refractivity contribution is 0.0990. The highest BCUT2D eigenvalue weighted by Gasteiger charge is 2.30. The predicted molar refractivity (Wildman–Crippen MR) is 99.7 cm³/mol. The summed E-state index contributed by atoms with van der Waals surface area (Å²) in [7, 11) is 0. The highest BCUT2D eigenvalue weighted by Crippen LogP contribution is 2.35. The molecular formula is C16H16N6O2S2. The van der Waals surface area contributed by atoms with Gasteiger partial charge in [-0.1, -0.05) is 58.5 Å². The van der Waals surface area contributed by atoms with E-state index in [0.29, 0.717) is 11.1 Å². The molecular weight excluding hydrogens is 372 g/mol. The van der Waals surface area contributed by atoms with Crippen molar-refractivity contribution in [1.82, 2.24) is 20.4 Å². The van der Waals surface area contributed by atoms with Gasteiger partial charge in [-0.25, -0.2) is 0 Å². The second-order valence-corrected chi connectivity index (χ2v) is 7.71. The van der Waals surface area contributed by atoms with Crippen molar-refractivity contribution in [2.75, 3.05) is 23.0 Å². The Hall–Kier alpha value is -2.46. The zero-order valence-corrected chi connectivity index (χ0v) is 15.6. The number of hydrogen-bond acceptors (Lipinski definition) is 9. The van der Waals surface area contributed by atoms with Crippen LogP contribution in [0, 0.1) is 0 Å². The van der Waals surface area contributed by atoms with Gasteiger partial charge in [0.15, 0.2) is 4.34 Å². The Morgan fingerprint density at radius 3 is 2.88 bits per heavy atom. The summed E-state index contributed by atoms with van der Waals surface area (Å²) < 4.78 is 6.40. The van der Waals surface area contributed by atoms with Crippen LogP contribution in [0.5, 0.6) is 0 Å². The second kappa shape index (κ2) is 7.42. The monoisotopic (exact) mass is 388 g/mol. The molecule has 26 heavy (non-hydrogen) atoms. The average Bonchev–Trinajstić information content (AvgIpc) is 3.41. The largest absolute Gasteiger partial charge is 0.399 e. The van der Waals surface area contributed by atoms with Crippen molar-refractivity contribution >= 4 is 40.2 Å². The number of hydrogen-bond donors (Lipinski definition) is 1. The van der Waals surface area contributed by atoms with Gasteiger partial charge in [0.2, 0.25) is 5.13 Å². The number of thioether (sulfide) groups is 1. The van der Waals surface area contributed by atoms with Gasteiger partial charge in [-0.3, -0.25) is 10.1 Å². The first-order valence-corrected chi connectivity index (χ1v) is 10.1. The fourth-order valence-corrected chi connectivity index (χ4v) is 4.10. The predicted octanol–water partition coefficient (Wildman–Crippen LogP) is 3.24. The van der Waals surface area contributed by atoms with Gasteiger partial charge in [-0.05, 0) is 24.7 Å².